The number of piperidine rings is 1. The number of amides is 1. The van der Waals surface area contributed by atoms with Crippen molar-refractivity contribution in [2.45, 2.75) is 25.4 Å². The Bertz CT molecular complexity index is 833. The number of benzene rings is 2. The summed E-state index contributed by atoms with van der Waals surface area (Å²) < 4.78 is 0. The van der Waals surface area contributed by atoms with Gasteiger partial charge in [0.05, 0.1) is 4.92 Å². The fraction of sp³-hybridized carbons (Fsp3) is 0.316. The van der Waals surface area contributed by atoms with Crippen LogP contribution >= 0.6 is 11.6 Å². The van der Waals surface area contributed by atoms with Gasteiger partial charge in [-0.25, -0.2) is 0 Å². The zero-order valence-electron chi connectivity index (χ0n) is 14.7. The first-order valence-electron chi connectivity index (χ1n) is 8.74. The quantitative estimate of drug-likeness (QED) is 0.583. The molecule has 1 aliphatic rings. The minimum atomic E-state index is -0.680. The maximum Gasteiger partial charge on any atom is 0.293 e. The Balaban J connectivity index is 1.59. The number of hydrogen-bond donors (Lipinski definition) is 2. The largest absolute Gasteiger partial charge is 0.377 e. The molecule has 0 atom stereocenters. The van der Waals surface area contributed by atoms with Crippen LogP contribution in [0.15, 0.2) is 42.5 Å². The molecule has 27 heavy (non-hydrogen) atoms. The smallest absolute Gasteiger partial charge is 0.293 e. The van der Waals surface area contributed by atoms with E-state index in [1.807, 2.05) is 24.3 Å². The average Bonchev–Trinajstić information content (AvgIpc) is 2.65. The molecular formula is C19H21ClN4O3. The van der Waals surface area contributed by atoms with Crippen LogP contribution in [0.1, 0.15) is 28.8 Å². The molecule has 0 spiro atoms. The van der Waals surface area contributed by atoms with Crippen molar-refractivity contribution in [3.63, 3.8) is 0 Å². The summed E-state index contributed by atoms with van der Waals surface area (Å²) >= 11 is 5.92. The number of primary amides is 1. The summed E-state index contributed by atoms with van der Waals surface area (Å²) in [6, 6.07) is 12.3. The third-order valence-electron chi connectivity index (χ3n) is 4.75. The van der Waals surface area contributed by atoms with E-state index < -0.39 is 10.8 Å². The predicted octanol–water partition coefficient (Wildman–Crippen LogP) is 3.42. The summed E-state index contributed by atoms with van der Waals surface area (Å²) in [5.41, 5.74) is 6.84. The molecule has 0 bridgehead atoms. The number of carbonyl (C=O) groups excluding carboxylic acids is 1. The van der Waals surface area contributed by atoms with Crippen LogP contribution in [0.5, 0.6) is 0 Å². The molecule has 8 heteroatoms. The molecule has 142 valence electrons. The summed E-state index contributed by atoms with van der Waals surface area (Å²) in [6.07, 6.45) is 1.75. The van der Waals surface area contributed by atoms with Crippen LogP contribution in [0.25, 0.3) is 0 Å². The van der Waals surface area contributed by atoms with E-state index in [1.165, 1.54) is 17.7 Å². The number of nitrogens with zero attached hydrogens (tertiary/aromatic N) is 2. The van der Waals surface area contributed by atoms with Gasteiger partial charge in [-0.15, -0.1) is 0 Å². The second-order valence-electron chi connectivity index (χ2n) is 6.67. The van der Waals surface area contributed by atoms with Crippen LogP contribution in [0, 0.1) is 10.1 Å². The summed E-state index contributed by atoms with van der Waals surface area (Å²) in [6.45, 7) is 2.65. The van der Waals surface area contributed by atoms with Crippen molar-refractivity contribution < 1.29 is 9.72 Å². The minimum absolute atomic E-state index is 0.130. The number of carbonyl (C=O) groups is 1. The Kier molecular flexibility index (Phi) is 5.93. The van der Waals surface area contributed by atoms with Gasteiger partial charge < -0.3 is 11.1 Å². The van der Waals surface area contributed by atoms with Crippen molar-refractivity contribution >= 4 is 28.9 Å². The second-order valence-corrected chi connectivity index (χ2v) is 7.11. The number of nitro groups is 1. The lowest BCUT2D eigenvalue weighted by Crippen LogP contribution is -2.38. The van der Waals surface area contributed by atoms with Crippen molar-refractivity contribution in [3.8, 4) is 0 Å². The van der Waals surface area contributed by atoms with E-state index in [9.17, 15) is 14.9 Å². The lowest BCUT2D eigenvalue weighted by atomic mass is 10.0. The van der Waals surface area contributed by atoms with Crippen LogP contribution in [-0.4, -0.2) is 34.9 Å². The molecule has 2 aromatic rings. The van der Waals surface area contributed by atoms with Crippen LogP contribution in [0.2, 0.25) is 5.02 Å². The van der Waals surface area contributed by atoms with Crippen molar-refractivity contribution in [2.75, 3.05) is 18.4 Å². The van der Waals surface area contributed by atoms with Gasteiger partial charge in [0.2, 0.25) is 5.91 Å². The van der Waals surface area contributed by atoms with E-state index in [4.69, 9.17) is 17.3 Å². The van der Waals surface area contributed by atoms with E-state index in [1.54, 1.807) is 6.07 Å². The number of rotatable bonds is 6. The molecule has 3 rings (SSSR count). The summed E-state index contributed by atoms with van der Waals surface area (Å²) in [4.78, 5) is 24.4. The molecule has 3 N–H and O–H groups in total. The first kappa shape index (κ1) is 19.1. The van der Waals surface area contributed by atoms with E-state index in [0.717, 1.165) is 37.5 Å². The SMILES string of the molecule is NC(=O)c1ccc(NC2CCN(Cc3ccc(Cl)cc3)CC2)c([N+](=O)[O-])c1. The van der Waals surface area contributed by atoms with Crippen molar-refractivity contribution in [1.82, 2.24) is 4.90 Å². The molecule has 1 amide bonds. The molecule has 1 aliphatic heterocycles. The predicted molar refractivity (Wildman–Crippen MR) is 105 cm³/mol. The monoisotopic (exact) mass is 388 g/mol. The zero-order chi connectivity index (χ0) is 19.4. The first-order valence-corrected chi connectivity index (χ1v) is 9.12. The Morgan fingerprint density at radius 1 is 1.22 bits per heavy atom. The maximum absolute atomic E-state index is 11.3. The molecule has 0 saturated carbocycles. The van der Waals surface area contributed by atoms with Gasteiger partial charge in [-0.1, -0.05) is 23.7 Å². The van der Waals surface area contributed by atoms with Crippen LogP contribution in [0.3, 0.4) is 0 Å². The third-order valence-corrected chi connectivity index (χ3v) is 5.00. The van der Waals surface area contributed by atoms with E-state index in [-0.39, 0.29) is 17.3 Å². The molecule has 1 heterocycles. The van der Waals surface area contributed by atoms with Gasteiger partial charge in [-0.2, -0.15) is 0 Å². The number of nitrogens with one attached hydrogen (secondary N) is 1. The highest BCUT2D eigenvalue weighted by molar-refractivity contribution is 6.30. The lowest BCUT2D eigenvalue weighted by Gasteiger charge is -2.32. The van der Waals surface area contributed by atoms with E-state index >= 15 is 0 Å². The molecule has 1 saturated heterocycles. The number of hydrogen-bond acceptors (Lipinski definition) is 5. The van der Waals surface area contributed by atoms with Crippen LogP contribution in [-0.2, 0) is 6.54 Å². The van der Waals surface area contributed by atoms with Gasteiger partial charge in [0, 0.05) is 42.3 Å². The topological polar surface area (TPSA) is 102 Å². The number of nitro benzene ring substituents is 1. The molecule has 0 radical (unpaired) electrons. The highest BCUT2D eigenvalue weighted by Gasteiger charge is 2.23. The number of halogens is 1. The van der Waals surface area contributed by atoms with Crippen molar-refractivity contribution in [2.24, 2.45) is 5.73 Å². The van der Waals surface area contributed by atoms with Crippen LogP contribution < -0.4 is 11.1 Å². The Hall–Kier alpha value is -2.64. The maximum atomic E-state index is 11.3. The Morgan fingerprint density at radius 2 is 1.89 bits per heavy atom. The van der Waals surface area contributed by atoms with Gasteiger partial charge >= 0.3 is 0 Å². The fourth-order valence-corrected chi connectivity index (χ4v) is 3.39. The molecule has 1 fully saturated rings. The average molecular weight is 389 g/mol. The molecule has 2 aromatic carbocycles. The van der Waals surface area contributed by atoms with Gasteiger partial charge in [0.1, 0.15) is 5.69 Å². The minimum Gasteiger partial charge on any atom is -0.377 e. The number of nitrogens with two attached hydrogens (primary N) is 1. The normalized spacial score (nSPS) is 15.4. The summed E-state index contributed by atoms with van der Waals surface area (Å²) in [5.74, 6) is -0.680. The van der Waals surface area contributed by atoms with Gasteiger partial charge in [-0.05, 0) is 42.7 Å². The Labute approximate surface area is 162 Å². The highest BCUT2D eigenvalue weighted by atomic mass is 35.5. The van der Waals surface area contributed by atoms with Gasteiger partial charge in [0.25, 0.3) is 5.69 Å². The van der Waals surface area contributed by atoms with Gasteiger partial charge in [-0.3, -0.25) is 19.8 Å². The second kappa shape index (κ2) is 8.37. The first-order chi connectivity index (χ1) is 12.9. The molecule has 0 aromatic heterocycles. The van der Waals surface area contributed by atoms with Crippen molar-refractivity contribution in [3.05, 3.63) is 68.7 Å². The fourth-order valence-electron chi connectivity index (χ4n) is 3.26. The Morgan fingerprint density at radius 3 is 2.48 bits per heavy atom. The molecule has 0 unspecified atom stereocenters. The molecular weight excluding hydrogens is 368 g/mol. The van der Waals surface area contributed by atoms with E-state index in [2.05, 4.69) is 10.2 Å². The van der Waals surface area contributed by atoms with Crippen LogP contribution in [0.4, 0.5) is 11.4 Å². The van der Waals surface area contributed by atoms with Gasteiger partial charge in [0.15, 0.2) is 0 Å². The number of anilines is 1. The molecule has 7 nitrogen and oxygen atoms in total. The third kappa shape index (κ3) is 4.96. The summed E-state index contributed by atoms with van der Waals surface area (Å²) in [5, 5.41) is 15.3. The standard InChI is InChI=1S/C19H21ClN4O3/c20-15-4-1-13(2-5-15)12-23-9-7-16(8-10-23)22-17-6-3-14(19(21)25)11-18(17)24(26)27/h1-6,11,16,22H,7-10,12H2,(H2,21,25). The van der Waals surface area contributed by atoms with E-state index in [0.29, 0.717) is 5.69 Å². The lowest BCUT2D eigenvalue weighted by molar-refractivity contribution is -0.384. The number of likely N-dealkylation sites (tertiary alicyclic amines) is 1. The molecule has 0 aliphatic carbocycles. The zero-order valence-corrected chi connectivity index (χ0v) is 15.5. The highest BCUT2D eigenvalue weighted by Crippen LogP contribution is 2.28. The summed E-state index contributed by atoms with van der Waals surface area (Å²) in [7, 11) is 0. The van der Waals surface area contributed by atoms with Crippen molar-refractivity contribution in [1.29, 1.82) is 0 Å².